The number of thiocarbonyl (C=S) groups is 1. The summed E-state index contributed by atoms with van der Waals surface area (Å²) in [6.07, 6.45) is 1.72. The molecule has 2 aromatic heterocycles. The molecule has 2 N–H and O–H groups in total. The van der Waals surface area contributed by atoms with E-state index in [1.807, 2.05) is 35.2 Å². The summed E-state index contributed by atoms with van der Waals surface area (Å²) in [7, 11) is 1.54. The Labute approximate surface area is 226 Å². The predicted octanol–water partition coefficient (Wildman–Crippen LogP) is 6.39. The van der Waals surface area contributed by atoms with E-state index in [2.05, 4.69) is 31.5 Å². The van der Waals surface area contributed by atoms with Crippen LogP contribution in [-0.4, -0.2) is 23.1 Å². The molecule has 188 valence electrons. The van der Waals surface area contributed by atoms with Crippen molar-refractivity contribution in [2.45, 2.75) is 19.0 Å². The molecule has 10 heteroatoms. The number of pyridine rings is 1. The van der Waals surface area contributed by atoms with E-state index in [4.69, 9.17) is 21.4 Å². The van der Waals surface area contributed by atoms with Crippen LogP contribution in [0, 0.1) is 5.82 Å². The lowest BCUT2D eigenvalue weighted by Crippen LogP contribution is -2.29. The molecule has 0 bridgehead atoms. The third-order valence-electron chi connectivity index (χ3n) is 5.98. The van der Waals surface area contributed by atoms with E-state index >= 15 is 0 Å². The Kier molecular flexibility index (Phi) is 6.94. The summed E-state index contributed by atoms with van der Waals surface area (Å²) in [6, 6.07) is 18.6. The van der Waals surface area contributed by atoms with E-state index in [-0.39, 0.29) is 11.9 Å². The Morgan fingerprint density at radius 2 is 2.03 bits per heavy atom. The number of carbonyl (C=O) groups excluding carboxylic acids is 1. The van der Waals surface area contributed by atoms with E-state index in [0.29, 0.717) is 43.8 Å². The number of halogens is 2. The molecule has 0 unspecified atom stereocenters. The molecule has 3 heterocycles. The summed E-state index contributed by atoms with van der Waals surface area (Å²) < 4.78 is 27.0. The summed E-state index contributed by atoms with van der Waals surface area (Å²) in [5.74, 6) is 0.848. The van der Waals surface area contributed by atoms with Gasteiger partial charge in [0.1, 0.15) is 29.1 Å². The van der Waals surface area contributed by atoms with Crippen molar-refractivity contribution in [3.05, 3.63) is 94.7 Å². The Morgan fingerprint density at radius 1 is 1.19 bits per heavy atom. The van der Waals surface area contributed by atoms with E-state index in [9.17, 15) is 9.18 Å². The second-order valence-corrected chi connectivity index (χ2v) is 9.69. The summed E-state index contributed by atoms with van der Waals surface area (Å²) in [4.78, 5) is 18.3. The van der Waals surface area contributed by atoms with Crippen molar-refractivity contribution >= 4 is 50.5 Å². The highest BCUT2D eigenvalue weighted by atomic mass is 79.9. The number of anilines is 2. The van der Waals surface area contributed by atoms with Crippen molar-refractivity contribution in [3.8, 4) is 17.1 Å². The van der Waals surface area contributed by atoms with E-state index in [0.717, 1.165) is 5.69 Å². The average molecular weight is 581 g/mol. The smallest absolute Gasteiger partial charge is 0.221 e. The van der Waals surface area contributed by atoms with Crippen LogP contribution in [0.15, 0.2) is 81.8 Å². The molecule has 1 aliphatic rings. The number of amides is 1. The van der Waals surface area contributed by atoms with Crippen LogP contribution in [0.2, 0.25) is 0 Å². The maximum absolute atomic E-state index is 14.7. The maximum atomic E-state index is 14.7. The van der Waals surface area contributed by atoms with Crippen LogP contribution in [0.4, 0.5) is 15.8 Å². The standard InChI is InChI=1S/C27H22BrFN4O3S/c1-15(34)31-21-14-17(7-9-23(21)35-2)33-26(25(32-27(33)37)20-5-3-4-12-30-20)24-11-10-22(36-24)18-8-6-16(28)13-19(18)29/h3-14,25-26H,1-2H3,(H,31,34)(H,32,37)/t25-,26-/m0/s1. The van der Waals surface area contributed by atoms with Crippen molar-refractivity contribution < 1.29 is 18.3 Å². The molecule has 2 aromatic carbocycles. The van der Waals surface area contributed by atoms with E-state index in [1.54, 1.807) is 36.5 Å². The number of furan rings is 1. The largest absolute Gasteiger partial charge is 0.495 e. The molecule has 2 atom stereocenters. The zero-order chi connectivity index (χ0) is 26.1. The third kappa shape index (κ3) is 4.94. The van der Waals surface area contributed by atoms with Crippen molar-refractivity contribution in [3.63, 3.8) is 0 Å². The summed E-state index contributed by atoms with van der Waals surface area (Å²) in [6.45, 7) is 1.43. The van der Waals surface area contributed by atoms with Gasteiger partial charge >= 0.3 is 0 Å². The van der Waals surface area contributed by atoms with Crippen LogP contribution in [-0.2, 0) is 4.79 Å². The molecule has 37 heavy (non-hydrogen) atoms. The number of ether oxygens (including phenoxy) is 1. The third-order valence-corrected chi connectivity index (χ3v) is 6.79. The van der Waals surface area contributed by atoms with E-state index in [1.165, 1.54) is 20.1 Å². The molecule has 1 aliphatic heterocycles. The highest BCUT2D eigenvalue weighted by Gasteiger charge is 2.43. The quantitative estimate of drug-likeness (QED) is 0.256. The van der Waals surface area contributed by atoms with Crippen LogP contribution in [0.1, 0.15) is 30.5 Å². The number of benzene rings is 2. The molecule has 5 rings (SSSR count). The van der Waals surface area contributed by atoms with Crippen LogP contribution < -0.4 is 20.3 Å². The number of rotatable bonds is 6. The maximum Gasteiger partial charge on any atom is 0.221 e. The lowest BCUT2D eigenvalue weighted by molar-refractivity contribution is -0.114. The highest BCUT2D eigenvalue weighted by Crippen LogP contribution is 2.44. The summed E-state index contributed by atoms with van der Waals surface area (Å²) in [5.41, 5.74) is 2.33. The van der Waals surface area contributed by atoms with Crippen molar-refractivity contribution in [1.82, 2.24) is 10.3 Å². The number of nitrogens with one attached hydrogen (secondary N) is 2. The summed E-state index contributed by atoms with van der Waals surface area (Å²) >= 11 is 9.06. The minimum atomic E-state index is -0.451. The number of nitrogens with zero attached hydrogens (tertiary/aromatic N) is 2. The first-order valence-corrected chi connectivity index (χ1v) is 12.6. The monoisotopic (exact) mass is 580 g/mol. The van der Waals surface area contributed by atoms with Gasteiger partial charge in [-0.2, -0.15) is 0 Å². The minimum absolute atomic E-state index is 0.229. The van der Waals surface area contributed by atoms with Gasteiger partial charge in [-0.25, -0.2) is 4.39 Å². The number of hydrogen-bond donors (Lipinski definition) is 2. The number of carbonyl (C=O) groups is 1. The SMILES string of the molecule is COc1ccc(N2C(=S)N[C@@H](c3ccccn3)[C@@H]2c2ccc(-c3ccc(Br)cc3F)o2)cc1NC(C)=O. The van der Waals surface area contributed by atoms with Crippen LogP contribution >= 0.6 is 28.1 Å². The number of aromatic nitrogens is 1. The van der Waals surface area contributed by atoms with Crippen LogP contribution in [0.3, 0.4) is 0 Å². The molecule has 1 amide bonds. The van der Waals surface area contributed by atoms with Gasteiger partial charge in [0, 0.05) is 23.3 Å². The van der Waals surface area contributed by atoms with Gasteiger partial charge in [0.2, 0.25) is 5.91 Å². The fourth-order valence-corrected chi connectivity index (χ4v) is 5.08. The first kappa shape index (κ1) is 24.9. The second kappa shape index (κ2) is 10.3. The average Bonchev–Trinajstić information content (AvgIpc) is 3.48. The Hall–Kier alpha value is -3.76. The van der Waals surface area contributed by atoms with Crippen LogP contribution in [0.5, 0.6) is 5.75 Å². The molecule has 1 fully saturated rings. The molecule has 0 saturated carbocycles. The minimum Gasteiger partial charge on any atom is -0.495 e. The Balaban J connectivity index is 1.61. The van der Waals surface area contributed by atoms with Gasteiger partial charge in [-0.3, -0.25) is 9.78 Å². The predicted molar refractivity (Wildman–Crippen MR) is 147 cm³/mol. The van der Waals surface area contributed by atoms with Crippen LogP contribution in [0.25, 0.3) is 11.3 Å². The normalized spacial score (nSPS) is 17.0. The molecule has 7 nitrogen and oxygen atoms in total. The number of hydrogen-bond acceptors (Lipinski definition) is 5. The first-order chi connectivity index (χ1) is 17.9. The van der Waals surface area contributed by atoms with Gasteiger partial charge in [-0.15, -0.1) is 0 Å². The zero-order valence-corrected chi connectivity index (χ0v) is 22.3. The second-order valence-electron chi connectivity index (χ2n) is 8.39. The van der Waals surface area contributed by atoms with Gasteiger partial charge in [0.05, 0.1) is 30.1 Å². The molecule has 0 radical (unpaired) electrons. The molecule has 1 saturated heterocycles. The highest BCUT2D eigenvalue weighted by molar-refractivity contribution is 9.10. The first-order valence-electron chi connectivity index (χ1n) is 11.4. The Bertz CT molecular complexity index is 1480. The fourth-order valence-electron chi connectivity index (χ4n) is 4.40. The van der Waals surface area contributed by atoms with Gasteiger partial charge in [0.15, 0.2) is 5.11 Å². The summed E-state index contributed by atoms with van der Waals surface area (Å²) in [5, 5.41) is 6.61. The van der Waals surface area contributed by atoms with Gasteiger partial charge in [-0.1, -0.05) is 22.0 Å². The van der Waals surface area contributed by atoms with Crippen molar-refractivity contribution in [2.75, 3.05) is 17.3 Å². The van der Waals surface area contributed by atoms with Crippen molar-refractivity contribution in [1.29, 1.82) is 0 Å². The van der Waals surface area contributed by atoms with Gasteiger partial charge in [0.25, 0.3) is 0 Å². The molecule has 4 aromatic rings. The zero-order valence-electron chi connectivity index (χ0n) is 19.9. The van der Waals surface area contributed by atoms with Crippen molar-refractivity contribution in [2.24, 2.45) is 0 Å². The molecular weight excluding hydrogens is 559 g/mol. The lowest BCUT2D eigenvalue weighted by Gasteiger charge is -2.27. The fraction of sp³-hybridized carbons (Fsp3) is 0.148. The molecular formula is C27H22BrFN4O3S. The topological polar surface area (TPSA) is 79.6 Å². The van der Waals surface area contributed by atoms with Gasteiger partial charge in [-0.05, 0) is 72.9 Å². The van der Waals surface area contributed by atoms with E-state index < -0.39 is 11.9 Å². The Morgan fingerprint density at radius 3 is 2.73 bits per heavy atom. The lowest BCUT2D eigenvalue weighted by atomic mass is 10.0. The van der Waals surface area contributed by atoms with Gasteiger partial charge < -0.3 is 24.7 Å². The molecule has 0 spiro atoms. The molecule has 0 aliphatic carbocycles. The number of methoxy groups -OCH3 is 1.